The van der Waals surface area contributed by atoms with Gasteiger partial charge in [-0.2, -0.15) is 18.3 Å². The molecule has 2 atom stereocenters. The number of aryl methyl sites for hydroxylation is 2. The van der Waals surface area contributed by atoms with Crippen LogP contribution in [-0.2, 0) is 0 Å². The predicted molar refractivity (Wildman–Crippen MR) is 74.2 cm³/mol. The number of fused-ring (bicyclic) bond motifs is 1. The monoisotopic (exact) mass is 295 g/mol. The number of halogens is 3. The van der Waals surface area contributed by atoms with E-state index in [4.69, 9.17) is 0 Å². The van der Waals surface area contributed by atoms with Gasteiger partial charge in [-0.15, -0.1) is 0 Å². The fraction of sp³-hybridized carbons (Fsp3) is 0.400. The molecule has 0 amide bonds. The molecule has 1 aromatic heterocycles. The van der Waals surface area contributed by atoms with Gasteiger partial charge in [0.15, 0.2) is 6.04 Å². The predicted octanol–water partition coefficient (Wildman–Crippen LogP) is 4.16. The van der Waals surface area contributed by atoms with Gasteiger partial charge in [-0.05, 0) is 30.5 Å². The van der Waals surface area contributed by atoms with Crippen LogP contribution < -0.4 is 5.32 Å². The Hall–Kier alpha value is -1.98. The maximum absolute atomic E-state index is 13.2. The molecule has 1 aromatic carbocycles. The lowest BCUT2D eigenvalue weighted by Crippen LogP contribution is -2.35. The molecule has 2 heterocycles. The zero-order valence-electron chi connectivity index (χ0n) is 11.8. The van der Waals surface area contributed by atoms with Crippen molar-refractivity contribution in [3.05, 3.63) is 47.2 Å². The van der Waals surface area contributed by atoms with Crippen molar-refractivity contribution in [1.82, 2.24) is 9.78 Å². The van der Waals surface area contributed by atoms with Gasteiger partial charge in [0.1, 0.15) is 5.82 Å². The van der Waals surface area contributed by atoms with Crippen LogP contribution in [0.25, 0.3) is 0 Å². The Morgan fingerprint density at radius 3 is 2.62 bits per heavy atom. The van der Waals surface area contributed by atoms with Gasteiger partial charge in [0.05, 0.1) is 12.2 Å². The van der Waals surface area contributed by atoms with Gasteiger partial charge >= 0.3 is 6.18 Å². The van der Waals surface area contributed by atoms with Crippen LogP contribution in [-0.4, -0.2) is 16.0 Å². The van der Waals surface area contributed by atoms with Crippen molar-refractivity contribution in [3.8, 4) is 0 Å². The van der Waals surface area contributed by atoms with Crippen LogP contribution in [0.15, 0.2) is 30.5 Å². The Morgan fingerprint density at radius 2 is 1.95 bits per heavy atom. The number of benzene rings is 1. The third-order valence-electron chi connectivity index (χ3n) is 4.06. The van der Waals surface area contributed by atoms with Crippen molar-refractivity contribution in [2.45, 2.75) is 38.5 Å². The third kappa shape index (κ3) is 2.50. The first-order valence-electron chi connectivity index (χ1n) is 6.80. The molecule has 1 aliphatic heterocycles. The molecule has 6 heteroatoms. The molecule has 0 radical (unpaired) electrons. The molecular formula is C15H16F3N3. The van der Waals surface area contributed by atoms with Crippen LogP contribution in [0.2, 0.25) is 0 Å². The van der Waals surface area contributed by atoms with E-state index in [1.54, 1.807) is 6.07 Å². The average molecular weight is 295 g/mol. The van der Waals surface area contributed by atoms with Gasteiger partial charge in [0.25, 0.3) is 0 Å². The lowest BCUT2D eigenvalue weighted by Gasteiger charge is -2.33. The van der Waals surface area contributed by atoms with E-state index in [9.17, 15) is 13.2 Å². The molecule has 0 saturated heterocycles. The molecule has 1 aliphatic rings. The van der Waals surface area contributed by atoms with E-state index in [-0.39, 0.29) is 12.5 Å². The highest BCUT2D eigenvalue weighted by Gasteiger charge is 2.46. The first-order chi connectivity index (χ1) is 9.86. The van der Waals surface area contributed by atoms with Crippen LogP contribution in [0, 0.1) is 13.8 Å². The fourth-order valence-electron chi connectivity index (χ4n) is 2.71. The summed E-state index contributed by atoms with van der Waals surface area (Å²) < 4.78 is 40.7. The summed E-state index contributed by atoms with van der Waals surface area (Å²) in [5.41, 5.74) is 3.09. The van der Waals surface area contributed by atoms with Crippen molar-refractivity contribution in [1.29, 1.82) is 0 Å². The molecule has 21 heavy (non-hydrogen) atoms. The highest BCUT2D eigenvalue weighted by Crippen LogP contribution is 2.43. The number of hydrogen-bond acceptors (Lipinski definition) is 2. The second-order valence-corrected chi connectivity index (χ2v) is 5.49. The number of anilines is 1. The van der Waals surface area contributed by atoms with Gasteiger partial charge in [-0.25, -0.2) is 4.68 Å². The average Bonchev–Trinajstić information content (AvgIpc) is 2.87. The van der Waals surface area contributed by atoms with E-state index in [0.29, 0.717) is 5.82 Å². The first kappa shape index (κ1) is 14.0. The largest absolute Gasteiger partial charge is 0.410 e. The first-order valence-corrected chi connectivity index (χ1v) is 6.80. The normalized spacial score (nSPS) is 21.8. The molecule has 112 valence electrons. The number of alkyl halides is 3. The highest BCUT2D eigenvalue weighted by atomic mass is 19.4. The van der Waals surface area contributed by atoms with Crippen LogP contribution in [0.1, 0.15) is 35.2 Å². The second kappa shape index (κ2) is 4.79. The number of hydrogen-bond donors (Lipinski definition) is 1. The summed E-state index contributed by atoms with van der Waals surface area (Å²) in [5, 5.41) is 6.94. The minimum atomic E-state index is -4.30. The molecule has 0 unspecified atom stereocenters. The zero-order chi connectivity index (χ0) is 15.2. The minimum absolute atomic E-state index is 0.0549. The summed E-state index contributed by atoms with van der Waals surface area (Å²) in [4.78, 5) is 0. The highest BCUT2D eigenvalue weighted by molar-refractivity contribution is 5.43. The van der Waals surface area contributed by atoms with Crippen molar-refractivity contribution < 1.29 is 13.2 Å². The Labute approximate surface area is 120 Å². The van der Waals surface area contributed by atoms with E-state index in [0.717, 1.165) is 21.4 Å². The van der Waals surface area contributed by atoms with E-state index in [2.05, 4.69) is 10.4 Å². The summed E-state index contributed by atoms with van der Waals surface area (Å²) in [6.07, 6.45) is -2.97. The van der Waals surface area contributed by atoms with Gasteiger partial charge in [-0.1, -0.05) is 18.2 Å². The molecule has 0 saturated carbocycles. The molecular weight excluding hydrogens is 279 g/mol. The summed E-state index contributed by atoms with van der Waals surface area (Å²) in [6, 6.07) is 5.41. The molecule has 1 N–H and O–H groups in total. The third-order valence-corrected chi connectivity index (χ3v) is 4.06. The summed E-state index contributed by atoms with van der Waals surface area (Å²) in [7, 11) is 0. The molecule has 0 fully saturated rings. The lowest BCUT2D eigenvalue weighted by atomic mass is 9.94. The van der Waals surface area contributed by atoms with Crippen molar-refractivity contribution >= 4 is 5.82 Å². The van der Waals surface area contributed by atoms with Crippen molar-refractivity contribution in [3.63, 3.8) is 0 Å². The number of nitrogens with one attached hydrogen (secondary N) is 1. The van der Waals surface area contributed by atoms with E-state index >= 15 is 0 Å². The van der Waals surface area contributed by atoms with Gasteiger partial charge in [0.2, 0.25) is 0 Å². The summed E-state index contributed by atoms with van der Waals surface area (Å²) in [5.74, 6) is 0.409. The van der Waals surface area contributed by atoms with Crippen LogP contribution in [0.5, 0.6) is 0 Å². The van der Waals surface area contributed by atoms with Crippen LogP contribution in [0.4, 0.5) is 19.0 Å². The van der Waals surface area contributed by atoms with Crippen molar-refractivity contribution in [2.75, 3.05) is 5.32 Å². The quantitative estimate of drug-likeness (QED) is 0.856. The number of nitrogens with zero attached hydrogens (tertiary/aromatic N) is 2. The Bertz CT molecular complexity index is 660. The standard InChI is InChI=1S/C15H16F3N3/c1-9-3-4-11(7-10(9)2)12-8-13(15(16,17)18)21-14(20-12)5-6-19-21/h3-7,12-13,20H,8H2,1-2H3/t12-,13+/m1/s1. The molecule has 3 nitrogen and oxygen atoms in total. The van der Waals surface area contributed by atoms with E-state index in [1.165, 1.54) is 6.20 Å². The van der Waals surface area contributed by atoms with Gasteiger partial charge in [0, 0.05) is 12.5 Å². The van der Waals surface area contributed by atoms with Gasteiger partial charge in [-0.3, -0.25) is 0 Å². The summed E-state index contributed by atoms with van der Waals surface area (Å²) in [6.45, 7) is 3.95. The summed E-state index contributed by atoms with van der Waals surface area (Å²) >= 11 is 0. The number of rotatable bonds is 1. The second-order valence-electron chi connectivity index (χ2n) is 5.49. The van der Waals surface area contributed by atoms with Crippen LogP contribution in [0.3, 0.4) is 0 Å². The molecule has 0 spiro atoms. The van der Waals surface area contributed by atoms with Crippen LogP contribution >= 0.6 is 0 Å². The maximum Gasteiger partial charge on any atom is 0.410 e. The molecule has 0 aliphatic carbocycles. The number of aromatic nitrogens is 2. The molecule has 2 aromatic rings. The topological polar surface area (TPSA) is 29.9 Å². The molecule has 3 rings (SSSR count). The SMILES string of the molecule is Cc1ccc([C@H]2C[C@@H](C(F)(F)F)n3nccc3N2)cc1C. The Kier molecular flexibility index (Phi) is 3.19. The van der Waals surface area contributed by atoms with E-state index in [1.807, 2.05) is 32.0 Å². The Balaban J connectivity index is 1.98. The van der Waals surface area contributed by atoms with Gasteiger partial charge < -0.3 is 5.32 Å². The Morgan fingerprint density at radius 1 is 1.19 bits per heavy atom. The smallest absolute Gasteiger partial charge is 0.363 e. The lowest BCUT2D eigenvalue weighted by molar-refractivity contribution is -0.173. The zero-order valence-corrected chi connectivity index (χ0v) is 11.8. The molecule has 0 bridgehead atoms. The van der Waals surface area contributed by atoms with E-state index < -0.39 is 12.2 Å². The minimum Gasteiger partial charge on any atom is -0.363 e. The van der Waals surface area contributed by atoms with Crippen molar-refractivity contribution in [2.24, 2.45) is 0 Å². The maximum atomic E-state index is 13.2. The fourth-order valence-corrected chi connectivity index (χ4v) is 2.71.